The van der Waals surface area contributed by atoms with Crippen molar-refractivity contribution in [2.45, 2.75) is 76.5 Å². The molecule has 0 saturated heterocycles. The molecule has 4 aromatic carbocycles. The zero-order valence-electron chi connectivity index (χ0n) is 49.4. The molecule has 4 amide bonds. The van der Waals surface area contributed by atoms with Gasteiger partial charge in [-0.15, -0.1) is 10.2 Å². The van der Waals surface area contributed by atoms with Gasteiger partial charge in [-0.05, 0) is 96.7 Å². The highest BCUT2D eigenvalue weighted by molar-refractivity contribution is 6.35. The van der Waals surface area contributed by atoms with E-state index in [1.54, 1.807) is 9.36 Å². The van der Waals surface area contributed by atoms with E-state index in [1.165, 1.54) is 22.3 Å². The number of rotatable bonds is 37. The SMILES string of the molecule is CN1Cc2c(Cl)cc(Cl)cc2[C@@H](c2cccc(-c3cn(CCOCCOCCOCCNC(=O)NCCCCCCCCNC(=O)NCCOCCOCCOCCn4cc(-c5cccc([C@@H]6CN(C)Cc7c(Cl)cc(Cl)cc76)c5)nn4)nn3)c2)C1. The highest BCUT2D eigenvalue weighted by atomic mass is 35.5. The van der Waals surface area contributed by atoms with Crippen molar-refractivity contribution in [3.8, 4) is 22.5 Å². The smallest absolute Gasteiger partial charge is 0.314 e. The second-order valence-electron chi connectivity index (χ2n) is 21.6. The third kappa shape index (κ3) is 21.7. The molecule has 0 saturated carbocycles. The Bertz CT molecular complexity index is 2850. The van der Waals surface area contributed by atoms with Crippen LogP contribution in [0.25, 0.3) is 22.5 Å². The van der Waals surface area contributed by atoms with Crippen LogP contribution in [-0.2, 0) is 54.6 Å². The van der Waals surface area contributed by atoms with Gasteiger partial charge in [0.25, 0.3) is 0 Å². The summed E-state index contributed by atoms with van der Waals surface area (Å²) in [5, 5.41) is 31.6. The van der Waals surface area contributed by atoms with Gasteiger partial charge in [0, 0.05) is 95.4 Å². The van der Waals surface area contributed by atoms with E-state index in [1.807, 2.05) is 48.8 Å². The summed E-state index contributed by atoms with van der Waals surface area (Å²) < 4.78 is 37.5. The van der Waals surface area contributed by atoms with Gasteiger partial charge in [0.2, 0.25) is 0 Å². The van der Waals surface area contributed by atoms with Crippen LogP contribution >= 0.6 is 46.4 Å². The van der Waals surface area contributed by atoms with Gasteiger partial charge in [-0.1, -0.05) is 119 Å². The van der Waals surface area contributed by atoms with E-state index < -0.39 is 0 Å². The number of aromatic nitrogens is 6. The molecule has 0 aliphatic carbocycles. The molecule has 4 N–H and O–H groups in total. The van der Waals surface area contributed by atoms with Gasteiger partial charge in [-0.2, -0.15) is 0 Å². The largest absolute Gasteiger partial charge is 0.377 e. The molecule has 0 fully saturated rings. The third-order valence-corrected chi connectivity index (χ3v) is 16.0. The maximum absolute atomic E-state index is 12.1. The van der Waals surface area contributed by atoms with Crippen LogP contribution in [-0.4, -0.2) is 184 Å². The highest BCUT2D eigenvalue weighted by Crippen LogP contribution is 2.41. The molecular weight excluding hydrogens is 1180 g/mol. The summed E-state index contributed by atoms with van der Waals surface area (Å²) >= 11 is 26.0. The van der Waals surface area contributed by atoms with Gasteiger partial charge in [0.15, 0.2) is 0 Å². The first-order valence-corrected chi connectivity index (χ1v) is 31.3. The molecular formula is C62H82Cl4N12O8. The molecule has 2 aliphatic rings. The van der Waals surface area contributed by atoms with E-state index in [-0.39, 0.29) is 23.9 Å². The molecule has 0 bridgehead atoms. The van der Waals surface area contributed by atoms with Crippen LogP contribution in [0.1, 0.15) is 83.7 Å². The number of ether oxygens (including phenoxy) is 6. The molecule has 6 aromatic rings. The van der Waals surface area contributed by atoms with Crippen molar-refractivity contribution in [2.75, 3.05) is 133 Å². The third-order valence-electron chi connectivity index (χ3n) is 14.9. The number of nitrogens with one attached hydrogen (secondary N) is 4. The topological polar surface area (TPSA) is 206 Å². The fourth-order valence-corrected chi connectivity index (χ4v) is 11.7. The van der Waals surface area contributed by atoms with Gasteiger partial charge in [-0.3, -0.25) is 0 Å². The quantitative estimate of drug-likeness (QED) is 0.0268. The number of halogens is 4. The first-order chi connectivity index (χ1) is 42.0. The first-order valence-electron chi connectivity index (χ1n) is 29.8. The predicted molar refractivity (Wildman–Crippen MR) is 336 cm³/mol. The van der Waals surface area contributed by atoms with Crippen molar-refractivity contribution >= 4 is 58.5 Å². The Morgan fingerprint density at radius 2 is 0.849 bits per heavy atom. The minimum absolute atomic E-state index is 0.138. The van der Waals surface area contributed by atoms with E-state index in [9.17, 15) is 9.59 Å². The summed E-state index contributed by atoms with van der Waals surface area (Å²) in [5.74, 6) is 0.277. The van der Waals surface area contributed by atoms with E-state index in [0.29, 0.717) is 139 Å². The number of urea groups is 2. The van der Waals surface area contributed by atoms with E-state index in [0.717, 1.165) is 98.3 Å². The normalized spacial score (nSPS) is 15.1. The number of amides is 4. The number of fused-ring (bicyclic) bond motifs is 2. The lowest BCUT2D eigenvalue weighted by Gasteiger charge is -2.33. The zero-order valence-corrected chi connectivity index (χ0v) is 52.4. The van der Waals surface area contributed by atoms with Crippen LogP contribution in [0.15, 0.2) is 85.2 Å². The second-order valence-corrected chi connectivity index (χ2v) is 23.2. The highest BCUT2D eigenvalue weighted by Gasteiger charge is 2.29. The van der Waals surface area contributed by atoms with Crippen LogP contribution in [0, 0.1) is 0 Å². The van der Waals surface area contributed by atoms with Crippen LogP contribution in [0.5, 0.6) is 0 Å². The number of likely N-dealkylation sites (N-methyl/N-ethyl adjacent to an activating group) is 2. The molecule has 466 valence electrons. The van der Waals surface area contributed by atoms with E-state index >= 15 is 0 Å². The maximum atomic E-state index is 12.1. The summed E-state index contributed by atoms with van der Waals surface area (Å²) in [7, 11) is 4.21. The van der Waals surface area contributed by atoms with Gasteiger partial charge in [0.1, 0.15) is 11.4 Å². The number of carbonyl (C=O) groups is 2. The van der Waals surface area contributed by atoms with E-state index in [4.69, 9.17) is 74.8 Å². The molecule has 2 aromatic heterocycles. The fourth-order valence-electron chi connectivity index (χ4n) is 10.5. The summed E-state index contributed by atoms with van der Waals surface area (Å²) in [5.41, 5.74) is 10.5. The molecule has 2 atom stereocenters. The fraction of sp³-hybridized carbons (Fsp3) is 0.516. The van der Waals surface area contributed by atoms with Gasteiger partial charge < -0.3 is 59.5 Å². The lowest BCUT2D eigenvalue weighted by Crippen LogP contribution is -2.37. The van der Waals surface area contributed by atoms with Crippen molar-refractivity contribution in [3.63, 3.8) is 0 Å². The number of nitrogens with zero attached hydrogens (tertiary/aromatic N) is 8. The van der Waals surface area contributed by atoms with Crippen LogP contribution < -0.4 is 21.3 Å². The Morgan fingerprint density at radius 1 is 0.477 bits per heavy atom. The van der Waals surface area contributed by atoms with Crippen LogP contribution in [0.2, 0.25) is 20.1 Å². The lowest BCUT2D eigenvalue weighted by molar-refractivity contribution is 0.0135. The first kappa shape index (κ1) is 66.5. The number of hydrogen-bond acceptors (Lipinski definition) is 14. The molecule has 0 unspecified atom stereocenters. The predicted octanol–water partition coefficient (Wildman–Crippen LogP) is 9.71. The van der Waals surface area contributed by atoms with Crippen molar-refractivity contribution in [2.24, 2.45) is 0 Å². The summed E-state index contributed by atoms with van der Waals surface area (Å²) in [6.07, 6.45) is 9.87. The van der Waals surface area contributed by atoms with Crippen LogP contribution in [0.4, 0.5) is 9.59 Å². The monoisotopic (exact) mass is 1260 g/mol. The molecule has 4 heterocycles. The molecule has 86 heavy (non-hydrogen) atoms. The Morgan fingerprint density at radius 3 is 1.27 bits per heavy atom. The number of carbonyl (C=O) groups excluding carboxylic acids is 2. The van der Waals surface area contributed by atoms with E-state index in [2.05, 4.69) is 102 Å². The van der Waals surface area contributed by atoms with Crippen molar-refractivity contribution < 1.29 is 38.0 Å². The standard InChI is InChI=1S/C62H82Cl4N12O8/c1-75-39-53(51-35-49(63)37-57(65)55(51)41-75)45-11-9-13-47(33-45)59-43-77(73-71-59)19-23-83-27-31-85-29-25-81-21-17-69-61(79)67-15-7-5-3-4-6-8-16-68-62(80)70-18-22-82-26-30-86-32-28-84-24-20-78-44-60(72-74-78)48-14-10-12-46(34-48)54-40-76(2)42-56-52(54)36-50(64)38-58(56)66/h9-14,33-38,43-44,53-54H,3-8,15-32,39-42H2,1-2H3,(H2,67,69,79)(H2,68,70,80)/t53-,54+. The number of unbranched alkanes of at least 4 members (excludes halogenated alkanes) is 5. The summed E-state index contributed by atoms with van der Waals surface area (Å²) in [6.45, 7) is 11.7. The molecule has 2 aliphatic heterocycles. The zero-order chi connectivity index (χ0) is 60.3. The molecule has 0 radical (unpaired) electrons. The summed E-state index contributed by atoms with van der Waals surface area (Å²) in [6, 6.07) is 24.1. The van der Waals surface area contributed by atoms with Crippen molar-refractivity contribution in [1.29, 1.82) is 0 Å². The average Bonchev–Trinajstić information content (AvgIpc) is 1.26. The Labute approximate surface area is 525 Å². The molecule has 8 rings (SSSR count). The van der Waals surface area contributed by atoms with Gasteiger partial charge in [-0.25, -0.2) is 19.0 Å². The Balaban J connectivity index is 0.530. The Kier molecular flexibility index (Phi) is 27.9. The maximum Gasteiger partial charge on any atom is 0.314 e. The minimum Gasteiger partial charge on any atom is -0.377 e. The Hall–Kier alpha value is -5.46. The molecule has 24 heteroatoms. The molecule has 20 nitrogen and oxygen atoms in total. The minimum atomic E-state index is -0.202. The van der Waals surface area contributed by atoms with Gasteiger partial charge in [0.05, 0.1) is 105 Å². The lowest BCUT2D eigenvalue weighted by atomic mass is 9.84. The van der Waals surface area contributed by atoms with Crippen molar-refractivity contribution in [3.05, 3.63) is 139 Å². The second kappa shape index (κ2) is 36.1. The van der Waals surface area contributed by atoms with Crippen molar-refractivity contribution in [1.82, 2.24) is 61.1 Å². The molecule has 0 spiro atoms. The number of benzene rings is 4. The summed E-state index contributed by atoms with van der Waals surface area (Å²) in [4.78, 5) is 28.9. The van der Waals surface area contributed by atoms with Gasteiger partial charge >= 0.3 is 12.1 Å². The average molecular weight is 1270 g/mol. The number of hydrogen-bond donors (Lipinski definition) is 4. The van der Waals surface area contributed by atoms with Crippen LogP contribution in [0.3, 0.4) is 0 Å².